The summed E-state index contributed by atoms with van der Waals surface area (Å²) in [6, 6.07) is 1.76. The highest BCUT2D eigenvalue weighted by Gasteiger charge is 2.26. The standard InChI is InChI=1S/C15H20N6O/c1-20-13(4-5-19-20)15(22)21-8-2-3-11(10-21)9-12-14(16)18-7-6-17-12/h4-7,11H,2-3,8-10H2,1H3,(H2,16,18)/t11-/m1/s1. The third-order valence-corrected chi connectivity index (χ3v) is 4.13. The molecule has 1 saturated heterocycles. The van der Waals surface area contributed by atoms with Crippen LogP contribution in [0.2, 0.25) is 0 Å². The average Bonchev–Trinajstić information content (AvgIpc) is 2.95. The lowest BCUT2D eigenvalue weighted by molar-refractivity contribution is 0.0661. The third kappa shape index (κ3) is 2.93. The summed E-state index contributed by atoms with van der Waals surface area (Å²) >= 11 is 0. The minimum Gasteiger partial charge on any atom is -0.382 e. The Hall–Kier alpha value is -2.44. The maximum absolute atomic E-state index is 12.6. The van der Waals surface area contributed by atoms with Crippen molar-refractivity contribution < 1.29 is 4.79 Å². The highest BCUT2D eigenvalue weighted by molar-refractivity contribution is 5.92. The molecule has 0 spiro atoms. The second-order valence-electron chi connectivity index (χ2n) is 5.69. The van der Waals surface area contributed by atoms with Gasteiger partial charge in [-0.05, 0) is 31.2 Å². The monoisotopic (exact) mass is 300 g/mol. The zero-order valence-corrected chi connectivity index (χ0v) is 12.6. The summed E-state index contributed by atoms with van der Waals surface area (Å²) in [5, 5.41) is 4.07. The molecule has 3 rings (SSSR count). The lowest BCUT2D eigenvalue weighted by Gasteiger charge is -2.32. The molecule has 2 aromatic rings. The van der Waals surface area contributed by atoms with Crippen molar-refractivity contribution in [2.75, 3.05) is 18.8 Å². The fourth-order valence-electron chi connectivity index (χ4n) is 2.97. The molecule has 7 heteroatoms. The first-order valence-electron chi connectivity index (χ1n) is 7.48. The zero-order chi connectivity index (χ0) is 15.5. The van der Waals surface area contributed by atoms with Crippen molar-refractivity contribution in [3.05, 3.63) is 36.0 Å². The number of hydrogen-bond acceptors (Lipinski definition) is 5. The van der Waals surface area contributed by atoms with E-state index in [1.54, 1.807) is 36.4 Å². The van der Waals surface area contributed by atoms with Gasteiger partial charge in [-0.3, -0.25) is 14.5 Å². The number of aryl methyl sites for hydroxylation is 1. The number of nitrogen functional groups attached to an aromatic ring is 1. The molecule has 0 aromatic carbocycles. The van der Waals surface area contributed by atoms with E-state index in [9.17, 15) is 4.79 Å². The van der Waals surface area contributed by atoms with Gasteiger partial charge in [0.05, 0.1) is 5.69 Å². The van der Waals surface area contributed by atoms with Gasteiger partial charge in [0, 0.05) is 38.7 Å². The van der Waals surface area contributed by atoms with Crippen LogP contribution in [0.1, 0.15) is 29.0 Å². The number of rotatable bonds is 3. The number of nitrogens with two attached hydrogens (primary N) is 1. The van der Waals surface area contributed by atoms with Crippen LogP contribution in [0.5, 0.6) is 0 Å². The van der Waals surface area contributed by atoms with Gasteiger partial charge < -0.3 is 10.6 Å². The number of anilines is 1. The fourth-order valence-corrected chi connectivity index (χ4v) is 2.97. The summed E-state index contributed by atoms with van der Waals surface area (Å²) in [5.41, 5.74) is 7.31. The van der Waals surface area contributed by atoms with Crippen molar-refractivity contribution in [1.82, 2.24) is 24.6 Å². The van der Waals surface area contributed by atoms with Gasteiger partial charge in [-0.15, -0.1) is 0 Å². The highest BCUT2D eigenvalue weighted by atomic mass is 16.2. The molecule has 2 N–H and O–H groups in total. The highest BCUT2D eigenvalue weighted by Crippen LogP contribution is 2.22. The molecule has 1 atom stereocenters. The van der Waals surface area contributed by atoms with Gasteiger partial charge in [0.2, 0.25) is 0 Å². The van der Waals surface area contributed by atoms with Crippen LogP contribution < -0.4 is 5.73 Å². The molecule has 0 radical (unpaired) electrons. The smallest absolute Gasteiger partial charge is 0.272 e. The molecule has 2 aromatic heterocycles. The molecule has 22 heavy (non-hydrogen) atoms. The lowest BCUT2D eigenvalue weighted by Crippen LogP contribution is -2.41. The fraction of sp³-hybridized carbons (Fsp3) is 0.467. The minimum atomic E-state index is 0.0387. The summed E-state index contributed by atoms with van der Waals surface area (Å²) in [5.74, 6) is 0.888. The summed E-state index contributed by atoms with van der Waals surface area (Å²) in [7, 11) is 1.79. The Morgan fingerprint density at radius 2 is 2.18 bits per heavy atom. The lowest BCUT2D eigenvalue weighted by atomic mass is 9.93. The molecule has 116 valence electrons. The molecule has 1 aliphatic heterocycles. The van der Waals surface area contributed by atoms with Crippen LogP contribution in [0.4, 0.5) is 5.82 Å². The Morgan fingerprint density at radius 3 is 2.91 bits per heavy atom. The van der Waals surface area contributed by atoms with Crippen LogP contribution in [-0.2, 0) is 13.5 Å². The Kier molecular flexibility index (Phi) is 4.04. The molecule has 3 heterocycles. The van der Waals surface area contributed by atoms with E-state index in [2.05, 4.69) is 15.1 Å². The number of hydrogen-bond donors (Lipinski definition) is 1. The molecular formula is C15H20N6O. The predicted octanol–water partition coefficient (Wildman–Crippen LogP) is 0.887. The Morgan fingerprint density at radius 1 is 1.36 bits per heavy atom. The van der Waals surface area contributed by atoms with E-state index in [0.29, 0.717) is 17.4 Å². The van der Waals surface area contributed by atoms with Crippen molar-refractivity contribution in [2.45, 2.75) is 19.3 Å². The van der Waals surface area contributed by atoms with Gasteiger partial charge >= 0.3 is 0 Å². The topological polar surface area (TPSA) is 89.9 Å². The van der Waals surface area contributed by atoms with Crippen LogP contribution in [0.3, 0.4) is 0 Å². The van der Waals surface area contributed by atoms with Crippen LogP contribution >= 0.6 is 0 Å². The Balaban J connectivity index is 1.68. The molecule has 1 fully saturated rings. The first-order chi connectivity index (χ1) is 10.6. The van der Waals surface area contributed by atoms with Crippen molar-refractivity contribution in [3.8, 4) is 0 Å². The normalized spacial score (nSPS) is 18.4. The van der Waals surface area contributed by atoms with Gasteiger partial charge in [-0.25, -0.2) is 4.98 Å². The van der Waals surface area contributed by atoms with Crippen LogP contribution in [0.25, 0.3) is 0 Å². The molecule has 0 unspecified atom stereocenters. The molecule has 1 amide bonds. The number of piperidine rings is 1. The van der Waals surface area contributed by atoms with Gasteiger partial charge in [0.15, 0.2) is 0 Å². The summed E-state index contributed by atoms with van der Waals surface area (Å²) in [6.45, 7) is 1.51. The van der Waals surface area contributed by atoms with Crippen molar-refractivity contribution >= 4 is 11.7 Å². The quantitative estimate of drug-likeness (QED) is 0.909. The second kappa shape index (κ2) is 6.13. The van der Waals surface area contributed by atoms with Crippen molar-refractivity contribution in [3.63, 3.8) is 0 Å². The predicted molar refractivity (Wildman–Crippen MR) is 82.0 cm³/mol. The minimum absolute atomic E-state index is 0.0387. The van der Waals surface area contributed by atoms with Gasteiger partial charge in [0.1, 0.15) is 11.5 Å². The number of amides is 1. The van der Waals surface area contributed by atoms with Gasteiger partial charge in [0.25, 0.3) is 5.91 Å². The van der Waals surface area contributed by atoms with E-state index in [0.717, 1.165) is 38.0 Å². The molecule has 1 aliphatic rings. The number of aromatic nitrogens is 4. The molecule has 0 bridgehead atoms. The first-order valence-corrected chi connectivity index (χ1v) is 7.48. The maximum Gasteiger partial charge on any atom is 0.272 e. The molecule has 0 aliphatic carbocycles. The Labute approximate surface area is 129 Å². The van der Waals surface area contributed by atoms with Crippen LogP contribution in [0.15, 0.2) is 24.7 Å². The first kappa shape index (κ1) is 14.5. The third-order valence-electron chi connectivity index (χ3n) is 4.13. The maximum atomic E-state index is 12.6. The summed E-state index contributed by atoms with van der Waals surface area (Å²) < 4.78 is 1.62. The number of carbonyl (C=O) groups is 1. The van der Waals surface area contributed by atoms with Crippen LogP contribution in [-0.4, -0.2) is 43.6 Å². The SMILES string of the molecule is Cn1nccc1C(=O)N1CCC[C@H](Cc2nccnc2N)C1. The summed E-state index contributed by atoms with van der Waals surface area (Å²) in [6.07, 6.45) is 7.73. The number of carbonyl (C=O) groups excluding carboxylic acids is 1. The second-order valence-corrected chi connectivity index (χ2v) is 5.69. The summed E-state index contributed by atoms with van der Waals surface area (Å²) in [4.78, 5) is 22.8. The largest absolute Gasteiger partial charge is 0.382 e. The van der Waals surface area contributed by atoms with E-state index >= 15 is 0 Å². The molecular weight excluding hydrogens is 280 g/mol. The van der Waals surface area contributed by atoms with Crippen LogP contribution in [0, 0.1) is 5.92 Å². The van der Waals surface area contributed by atoms with E-state index in [1.807, 2.05) is 4.90 Å². The number of nitrogens with zero attached hydrogens (tertiary/aromatic N) is 5. The van der Waals surface area contributed by atoms with E-state index < -0.39 is 0 Å². The van der Waals surface area contributed by atoms with E-state index in [1.165, 1.54) is 0 Å². The van der Waals surface area contributed by atoms with E-state index in [4.69, 9.17) is 5.73 Å². The van der Waals surface area contributed by atoms with Gasteiger partial charge in [-0.1, -0.05) is 0 Å². The Bertz CT molecular complexity index is 668. The van der Waals surface area contributed by atoms with Crippen molar-refractivity contribution in [1.29, 1.82) is 0 Å². The molecule has 0 saturated carbocycles. The molecule has 7 nitrogen and oxygen atoms in total. The number of likely N-dealkylation sites (tertiary alicyclic amines) is 1. The zero-order valence-electron chi connectivity index (χ0n) is 12.6. The van der Waals surface area contributed by atoms with Gasteiger partial charge in [-0.2, -0.15) is 5.10 Å². The van der Waals surface area contributed by atoms with Crippen molar-refractivity contribution in [2.24, 2.45) is 13.0 Å². The average molecular weight is 300 g/mol. The van der Waals surface area contributed by atoms with E-state index in [-0.39, 0.29) is 5.91 Å².